The predicted molar refractivity (Wildman–Crippen MR) is 103 cm³/mol. The van der Waals surface area contributed by atoms with Crippen molar-refractivity contribution in [3.05, 3.63) is 48.0 Å². The number of carbonyl (C=O) groups is 1. The van der Waals surface area contributed by atoms with Crippen LogP contribution in [0.25, 0.3) is 0 Å². The van der Waals surface area contributed by atoms with Gasteiger partial charge in [0, 0.05) is 5.69 Å². The number of urea groups is 1. The van der Waals surface area contributed by atoms with Gasteiger partial charge in [-0.25, -0.2) is 4.79 Å². The first kappa shape index (κ1) is 19.4. The minimum absolute atomic E-state index is 0.275. The van der Waals surface area contributed by atoms with Crippen LogP contribution in [-0.2, 0) is 0 Å². The predicted octanol–water partition coefficient (Wildman–Crippen LogP) is 4.03. The quantitative estimate of drug-likeness (QED) is 0.699. The Kier molecular flexibility index (Phi) is 7.14. The van der Waals surface area contributed by atoms with Crippen molar-refractivity contribution in [1.82, 2.24) is 5.32 Å². The van der Waals surface area contributed by atoms with E-state index in [1.807, 2.05) is 30.3 Å². The summed E-state index contributed by atoms with van der Waals surface area (Å²) >= 11 is 0. The molecular formula is C20H26N2O4. The third kappa shape index (κ3) is 5.31. The lowest BCUT2D eigenvalue weighted by atomic mass is 10.0. The largest absolute Gasteiger partial charge is 0.493 e. The molecule has 0 aliphatic heterocycles. The molecule has 0 saturated heterocycles. The van der Waals surface area contributed by atoms with Crippen LogP contribution in [0.3, 0.4) is 0 Å². The molecule has 2 aromatic rings. The van der Waals surface area contributed by atoms with Gasteiger partial charge in [-0.3, -0.25) is 0 Å². The molecule has 0 saturated carbocycles. The number of anilines is 1. The van der Waals surface area contributed by atoms with Gasteiger partial charge < -0.3 is 24.8 Å². The number of hydrogen-bond acceptors (Lipinski definition) is 4. The van der Waals surface area contributed by atoms with Gasteiger partial charge in [0.25, 0.3) is 0 Å². The Morgan fingerprint density at radius 3 is 2.31 bits per heavy atom. The van der Waals surface area contributed by atoms with Gasteiger partial charge in [-0.1, -0.05) is 32.0 Å². The lowest BCUT2D eigenvalue weighted by Crippen LogP contribution is -2.32. The zero-order valence-corrected chi connectivity index (χ0v) is 15.7. The van der Waals surface area contributed by atoms with Crippen molar-refractivity contribution in [1.29, 1.82) is 0 Å². The van der Waals surface area contributed by atoms with Crippen LogP contribution >= 0.6 is 0 Å². The van der Waals surface area contributed by atoms with Crippen LogP contribution in [0.4, 0.5) is 10.5 Å². The molecule has 2 aromatic carbocycles. The molecule has 2 N–H and O–H groups in total. The van der Waals surface area contributed by atoms with Crippen LogP contribution in [0.2, 0.25) is 0 Å². The molecule has 26 heavy (non-hydrogen) atoms. The summed E-state index contributed by atoms with van der Waals surface area (Å²) in [6, 6.07) is 12.9. The molecule has 0 aliphatic carbocycles. The third-order valence-electron chi connectivity index (χ3n) is 3.85. The first-order valence-corrected chi connectivity index (χ1v) is 8.53. The van der Waals surface area contributed by atoms with E-state index in [-0.39, 0.29) is 6.03 Å². The summed E-state index contributed by atoms with van der Waals surface area (Å²) in [6.07, 6.45) is 0. The monoisotopic (exact) mass is 358 g/mol. The topological polar surface area (TPSA) is 68.8 Å². The van der Waals surface area contributed by atoms with Crippen molar-refractivity contribution in [3.63, 3.8) is 0 Å². The van der Waals surface area contributed by atoms with E-state index in [0.717, 1.165) is 5.69 Å². The van der Waals surface area contributed by atoms with Gasteiger partial charge >= 0.3 is 6.03 Å². The molecule has 0 bridgehead atoms. The van der Waals surface area contributed by atoms with E-state index >= 15 is 0 Å². The Morgan fingerprint density at radius 1 is 1.00 bits per heavy atom. The Hall–Kier alpha value is -2.89. The number of carbonyl (C=O) groups excluding carboxylic acids is 1. The average molecular weight is 358 g/mol. The highest BCUT2D eigenvalue weighted by Gasteiger charge is 2.10. The van der Waals surface area contributed by atoms with Crippen molar-refractivity contribution in [2.24, 2.45) is 0 Å². The highest BCUT2D eigenvalue weighted by atomic mass is 16.5. The summed E-state index contributed by atoms with van der Waals surface area (Å²) in [5, 5.41) is 5.55. The molecule has 6 nitrogen and oxygen atoms in total. The standard InChI is InChI=1S/C20H26N2O4/c1-14(2)15-8-10-16(11-9-15)22-20(23)21-12-13-26-18-7-5-6-17(24-3)19(18)25-4/h5-11,14H,12-13H2,1-4H3,(H2,21,22,23). The summed E-state index contributed by atoms with van der Waals surface area (Å²) in [6.45, 7) is 4.93. The smallest absolute Gasteiger partial charge is 0.319 e. The summed E-state index contributed by atoms with van der Waals surface area (Å²) in [5.41, 5.74) is 1.99. The van der Waals surface area contributed by atoms with Crippen LogP contribution in [0, 0.1) is 0 Å². The maximum absolute atomic E-state index is 11.9. The molecule has 0 aliphatic rings. The highest BCUT2D eigenvalue weighted by Crippen LogP contribution is 2.36. The maximum Gasteiger partial charge on any atom is 0.319 e. The van der Waals surface area contributed by atoms with E-state index in [1.165, 1.54) is 5.56 Å². The average Bonchev–Trinajstić information content (AvgIpc) is 2.65. The fraction of sp³-hybridized carbons (Fsp3) is 0.350. The van der Waals surface area contributed by atoms with Crippen LogP contribution < -0.4 is 24.8 Å². The number of ether oxygens (including phenoxy) is 3. The molecule has 0 aromatic heterocycles. The minimum atomic E-state index is -0.275. The van der Waals surface area contributed by atoms with E-state index in [0.29, 0.717) is 36.3 Å². The first-order valence-electron chi connectivity index (χ1n) is 8.53. The van der Waals surface area contributed by atoms with Gasteiger partial charge in [0.15, 0.2) is 11.5 Å². The first-order chi connectivity index (χ1) is 12.5. The van der Waals surface area contributed by atoms with Crippen molar-refractivity contribution >= 4 is 11.7 Å². The molecule has 2 rings (SSSR count). The second kappa shape index (κ2) is 9.56. The number of methoxy groups -OCH3 is 2. The van der Waals surface area contributed by atoms with Gasteiger partial charge in [0.2, 0.25) is 5.75 Å². The molecule has 2 amide bonds. The summed E-state index contributed by atoms with van der Waals surface area (Å²) < 4.78 is 16.2. The normalized spacial score (nSPS) is 10.3. The molecule has 0 fully saturated rings. The molecule has 0 heterocycles. The minimum Gasteiger partial charge on any atom is -0.493 e. The van der Waals surface area contributed by atoms with E-state index in [4.69, 9.17) is 14.2 Å². The number of hydrogen-bond donors (Lipinski definition) is 2. The number of amides is 2. The molecule has 0 spiro atoms. The van der Waals surface area contributed by atoms with Crippen molar-refractivity contribution in [2.45, 2.75) is 19.8 Å². The Bertz CT molecular complexity index is 714. The van der Waals surface area contributed by atoms with Gasteiger partial charge in [-0.15, -0.1) is 0 Å². The lowest BCUT2D eigenvalue weighted by Gasteiger charge is -2.14. The zero-order chi connectivity index (χ0) is 18.9. The molecule has 0 atom stereocenters. The fourth-order valence-corrected chi connectivity index (χ4v) is 2.42. The second-order valence-corrected chi connectivity index (χ2v) is 6.00. The van der Waals surface area contributed by atoms with E-state index < -0.39 is 0 Å². The lowest BCUT2D eigenvalue weighted by molar-refractivity contribution is 0.245. The van der Waals surface area contributed by atoms with E-state index in [1.54, 1.807) is 26.4 Å². The Balaban J connectivity index is 1.78. The maximum atomic E-state index is 11.9. The number of para-hydroxylation sites is 1. The van der Waals surface area contributed by atoms with E-state index in [2.05, 4.69) is 24.5 Å². The molecular weight excluding hydrogens is 332 g/mol. The SMILES string of the molecule is COc1cccc(OCCNC(=O)Nc2ccc(C(C)C)cc2)c1OC. The second-order valence-electron chi connectivity index (χ2n) is 6.00. The van der Waals surface area contributed by atoms with Crippen molar-refractivity contribution in [2.75, 3.05) is 32.7 Å². The number of rotatable bonds is 8. The molecule has 0 unspecified atom stereocenters. The Labute approximate surface area is 154 Å². The van der Waals surface area contributed by atoms with Gasteiger partial charge in [-0.05, 0) is 35.7 Å². The highest BCUT2D eigenvalue weighted by molar-refractivity contribution is 5.89. The zero-order valence-electron chi connectivity index (χ0n) is 15.7. The number of benzene rings is 2. The van der Waals surface area contributed by atoms with Crippen LogP contribution in [0.1, 0.15) is 25.3 Å². The van der Waals surface area contributed by atoms with Gasteiger partial charge in [0.1, 0.15) is 6.61 Å². The van der Waals surface area contributed by atoms with Gasteiger partial charge in [0.05, 0.1) is 20.8 Å². The summed E-state index contributed by atoms with van der Waals surface area (Å²) in [5.74, 6) is 2.16. The fourth-order valence-electron chi connectivity index (χ4n) is 2.42. The molecule has 0 radical (unpaired) electrons. The van der Waals surface area contributed by atoms with Crippen LogP contribution in [-0.4, -0.2) is 33.4 Å². The number of nitrogens with one attached hydrogen (secondary N) is 2. The van der Waals surface area contributed by atoms with Gasteiger partial charge in [-0.2, -0.15) is 0 Å². The molecule has 6 heteroatoms. The summed E-state index contributed by atoms with van der Waals surface area (Å²) in [4.78, 5) is 11.9. The van der Waals surface area contributed by atoms with Crippen molar-refractivity contribution in [3.8, 4) is 17.2 Å². The third-order valence-corrected chi connectivity index (χ3v) is 3.85. The Morgan fingerprint density at radius 2 is 1.69 bits per heavy atom. The van der Waals surface area contributed by atoms with E-state index in [9.17, 15) is 4.79 Å². The summed E-state index contributed by atoms with van der Waals surface area (Å²) in [7, 11) is 3.13. The van der Waals surface area contributed by atoms with Crippen LogP contribution in [0.5, 0.6) is 17.2 Å². The van der Waals surface area contributed by atoms with Crippen molar-refractivity contribution < 1.29 is 19.0 Å². The van der Waals surface area contributed by atoms with Crippen LogP contribution in [0.15, 0.2) is 42.5 Å². The molecule has 140 valence electrons.